The minimum absolute atomic E-state index is 0.162. The summed E-state index contributed by atoms with van der Waals surface area (Å²) in [6.45, 7) is 0. The number of hydrogen-bond acceptors (Lipinski definition) is 3. The van der Waals surface area contributed by atoms with Gasteiger partial charge in [-0.1, -0.05) is 66.2 Å². The van der Waals surface area contributed by atoms with Crippen LogP contribution in [0.1, 0.15) is 0 Å². The van der Waals surface area contributed by atoms with E-state index in [9.17, 15) is 9.90 Å². The molecule has 2 aromatic heterocycles. The lowest BCUT2D eigenvalue weighted by atomic mass is 10.0. The van der Waals surface area contributed by atoms with Gasteiger partial charge in [0.2, 0.25) is 0 Å². The Morgan fingerprint density at radius 2 is 1.54 bits per heavy atom. The van der Waals surface area contributed by atoms with Gasteiger partial charge in [-0.2, -0.15) is 0 Å². The van der Waals surface area contributed by atoms with Gasteiger partial charge in [0.15, 0.2) is 0 Å². The first-order valence-corrected chi connectivity index (χ1v) is 9.26. The van der Waals surface area contributed by atoms with E-state index in [1.807, 2.05) is 66.0 Å². The van der Waals surface area contributed by atoms with Crippen LogP contribution in [0, 0.1) is 0 Å². The zero-order valence-electron chi connectivity index (χ0n) is 13.6. The molecule has 0 amide bonds. The number of nitrogens with zero attached hydrogens (tertiary/aromatic N) is 1. The molecular formula is C21H14ClNO2S. The minimum Gasteiger partial charge on any atom is -0.505 e. The van der Waals surface area contributed by atoms with Crippen molar-refractivity contribution in [1.82, 2.24) is 4.57 Å². The number of rotatable bonds is 3. The summed E-state index contributed by atoms with van der Waals surface area (Å²) in [6.07, 6.45) is 0. The molecule has 4 aromatic rings. The van der Waals surface area contributed by atoms with Crippen LogP contribution in [0.2, 0.25) is 5.02 Å². The fraction of sp³-hybridized carbons (Fsp3) is 0. The normalized spacial score (nSPS) is 10.8. The van der Waals surface area contributed by atoms with Gasteiger partial charge < -0.3 is 5.11 Å². The fourth-order valence-corrected chi connectivity index (χ4v) is 4.06. The maximum Gasteiger partial charge on any atom is 0.267 e. The summed E-state index contributed by atoms with van der Waals surface area (Å²) >= 11 is 8.03. The molecule has 0 atom stereocenters. The standard InChI is InChI=1S/C21H14ClNO2S/c22-18-19(16-12-7-13-26-16)23(15-10-5-2-6-11-15)21(25)17(20(18)24)14-8-3-1-4-9-14/h1-13,24H. The molecule has 0 aliphatic heterocycles. The van der Waals surface area contributed by atoms with E-state index in [-0.39, 0.29) is 21.9 Å². The van der Waals surface area contributed by atoms with Gasteiger partial charge in [-0.25, -0.2) is 0 Å². The molecule has 0 fully saturated rings. The van der Waals surface area contributed by atoms with Gasteiger partial charge in [-0.15, -0.1) is 11.3 Å². The second kappa shape index (κ2) is 6.83. The lowest BCUT2D eigenvalue weighted by molar-refractivity contribution is 0.476. The molecular weight excluding hydrogens is 366 g/mol. The maximum atomic E-state index is 13.4. The molecule has 26 heavy (non-hydrogen) atoms. The van der Waals surface area contributed by atoms with Crippen molar-refractivity contribution in [2.45, 2.75) is 0 Å². The Labute approximate surface area is 159 Å². The number of halogens is 1. The van der Waals surface area contributed by atoms with Gasteiger partial charge in [0.25, 0.3) is 5.56 Å². The number of para-hydroxylation sites is 1. The molecule has 0 spiro atoms. The third-order valence-corrected chi connectivity index (χ3v) is 5.36. The fourth-order valence-electron chi connectivity index (χ4n) is 2.95. The number of pyridine rings is 1. The molecule has 128 valence electrons. The zero-order chi connectivity index (χ0) is 18.1. The van der Waals surface area contributed by atoms with E-state index in [2.05, 4.69) is 0 Å². The Kier molecular flexibility index (Phi) is 4.37. The summed E-state index contributed by atoms with van der Waals surface area (Å²) in [5.74, 6) is -0.196. The van der Waals surface area contributed by atoms with Crippen LogP contribution in [0.25, 0.3) is 27.4 Å². The van der Waals surface area contributed by atoms with Gasteiger partial charge in [0.05, 0.1) is 16.1 Å². The average molecular weight is 380 g/mol. The Balaban J connectivity index is 2.14. The van der Waals surface area contributed by atoms with E-state index in [4.69, 9.17) is 11.6 Å². The molecule has 0 unspecified atom stereocenters. The van der Waals surface area contributed by atoms with E-state index in [0.29, 0.717) is 16.9 Å². The largest absolute Gasteiger partial charge is 0.505 e. The van der Waals surface area contributed by atoms with E-state index in [1.54, 1.807) is 16.7 Å². The first-order valence-electron chi connectivity index (χ1n) is 8.00. The molecule has 4 rings (SSSR count). The van der Waals surface area contributed by atoms with Crippen molar-refractivity contribution in [2.75, 3.05) is 0 Å². The first kappa shape index (κ1) is 16.6. The Morgan fingerprint density at radius 1 is 0.885 bits per heavy atom. The molecule has 2 heterocycles. The molecule has 5 heteroatoms. The summed E-state index contributed by atoms with van der Waals surface area (Å²) in [5, 5.41) is 12.8. The van der Waals surface area contributed by atoms with Crippen LogP contribution in [0.3, 0.4) is 0 Å². The third kappa shape index (κ3) is 2.73. The number of aromatic nitrogens is 1. The van der Waals surface area contributed by atoms with Crippen LogP contribution >= 0.6 is 22.9 Å². The zero-order valence-corrected chi connectivity index (χ0v) is 15.2. The summed E-state index contributed by atoms with van der Waals surface area (Å²) in [7, 11) is 0. The SMILES string of the molecule is O=c1c(-c2ccccc2)c(O)c(Cl)c(-c2cccs2)n1-c1ccccc1. The van der Waals surface area contributed by atoms with Crippen LogP contribution in [-0.2, 0) is 0 Å². The highest BCUT2D eigenvalue weighted by Crippen LogP contribution is 2.41. The molecule has 0 saturated heterocycles. The lowest BCUT2D eigenvalue weighted by Crippen LogP contribution is -2.22. The summed E-state index contributed by atoms with van der Waals surface area (Å²) in [5.41, 5.74) is 1.70. The summed E-state index contributed by atoms with van der Waals surface area (Å²) in [6, 6.07) is 22.2. The Morgan fingerprint density at radius 3 is 2.15 bits per heavy atom. The van der Waals surface area contributed by atoms with Crippen LogP contribution in [0.15, 0.2) is 83.0 Å². The van der Waals surface area contributed by atoms with Crippen molar-refractivity contribution in [3.8, 4) is 33.1 Å². The molecule has 0 aliphatic rings. The maximum absolute atomic E-state index is 13.4. The van der Waals surface area contributed by atoms with Crippen LogP contribution in [0.4, 0.5) is 0 Å². The highest BCUT2D eigenvalue weighted by molar-refractivity contribution is 7.13. The molecule has 1 N–H and O–H groups in total. The minimum atomic E-state index is -0.312. The highest BCUT2D eigenvalue weighted by Gasteiger charge is 2.23. The highest BCUT2D eigenvalue weighted by atomic mass is 35.5. The van der Waals surface area contributed by atoms with E-state index >= 15 is 0 Å². The molecule has 0 saturated carbocycles. The van der Waals surface area contributed by atoms with Crippen LogP contribution in [0.5, 0.6) is 5.75 Å². The quantitative estimate of drug-likeness (QED) is 0.504. The Bertz CT molecular complexity index is 1100. The summed E-state index contributed by atoms with van der Waals surface area (Å²) < 4.78 is 1.57. The third-order valence-electron chi connectivity index (χ3n) is 4.12. The number of benzene rings is 2. The number of aromatic hydroxyl groups is 1. The van der Waals surface area contributed by atoms with Gasteiger partial charge >= 0.3 is 0 Å². The van der Waals surface area contributed by atoms with Crippen molar-refractivity contribution >= 4 is 22.9 Å². The van der Waals surface area contributed by atoms with Crippen molar-refractivity contribution < 1.29 is 5.11 Å². The second-order valence-corrected chi connectivity index (χ2v) is 7.03. The topological polar surface area (TPSA) is 42.2 Å². The van der Waals surface area contributed by atoms with E-state index < -0.39 is 0 Å². The smallest absolute Gasteiger partial charge is 0.267 e. The van der Waals surface area contributed by atoms with Crippen molar-refractivity contribution in [3.05, 3.63) is 93.6 Å². The molecule has 3 nitrogen and oxygen atoms in total. The molecule has 0 radical (unpaired) electrons. The number of thiophene rings is 1. The van der Waals surface area contributed by atoms with Crippen molar-refractivity contribution in [1.29, 1.82) is 0 Å². The van der Waals surface area contributed by atoms with E-state index in [1.165, 1.54) is 11.3 Å². The monoisotopic (exact) mass is 379 g/mol. The van der Waals surface area contributed by atoms with Crippen molar-refractivity contribution in [2.24, 2.45) is 0 Å². The van der Waals surface area contributed by atoms with Crippen LogP contribution in [-0.4, -0.2) is 9.67 Å². The predicted octanol–water partition coefficient (Wildman–Crippen LogP) is 5.59. The van der Waals surface area contributed by atoms with Crippen LogP contribution < -0.4 is 5.56 Å². The van der Waals surface area contributed by atoms with E-state index in [0.717, 1.165) is 4.88 Å². The molecule has 0 aliphatic carbocycles. The van der Waals surface area contributed by atoms with Gasteiger partial charge in [0.1, 0.15) is 10.8 Å². The van der Waals surface area contributed by atoms with Gasteiger partial charge in [0, 0.05) is 5.69 Å². The lowest BCUT2D eigenvalue weighted by Gasteiger charge is -2.17. The molecule has 2 aromatic carbocycles. The predicted molar refractivity (Wildman–Crippen MR) is 107 cm³/mol. The molecule has 0 bridgehead atoms. The average Bonchev–Trinajstić information content (AvgIpc) is 3.20. The summed E-state index contributed by atoms with van der Waals surface area (Å²) in [4.78, 5) is 14.2. The number of hydrogen-bond donors (Lipinski definition) is 1. The second-order valence-electron chi connectivity index (χ2n) is 5.71. The van der Waals surface area contributed by atoms with Crippen molar-refractivity contribution in [3.63, 3.8) is 0 Å². The van der Waals surface area contributed by atoms with Gasteiger partial charge in [-0.05, 0) is 29.1 Å². The Hall–Kier alpha value is -2.82. The first-order chi connectivity index (χ1) is 12.7. The van der Waals surface area contributed by atoms with Gasteiger partial charge in [-0.3, -0.25) is 9.36 Å².